The number of nitrogens with zero attached hydrogens (tertiary/aromatic N) is 1. The Morgan fingerprint density at radius 2 is 1.93 bits per heavy atom. The van der Waals surface area contributed by atoms with Gasteiger partial charge in [0.25, 0.3) is 0 Å². The Balaban J connectivity index is 2.12. The minimum Gasteiger partial charge on any atom is -0.360 e. The molecule has 3 unspecified atom stereocenters. The molecular formula is C13H23NS. The van der Waals surface area contributed by atoms with E-state index in [0.717, 1.165) is 18.4 Å². The van der Waals surface area contributed by atoms with E-state index in [1.54, 1.807) is 0 Å². The van der Waals surface area contributed by atoms with Gasteiger partial charge < -0.3 is 4.90 Å². The van der Waals surface area contributed by atoms with E-state index < -0.39 is 0 Å². The Morgan fingerprint density at radius 3 is 2.67 bits per heavy atom. The first-order valence-electron chi connectivity index (χ1n) is 6.55. The number of likely N-dealkylation sites (tertiary alicyclic amines) is 1. The van der Waals surface area contributed by atoms with E-state index in [2.05, 4.69) is 18.7 Å². The maximum absolute atomic E-state index is 5.55. The Morgan fingerprint density at radius 1 is 1.20 bits per heavy atom. The molecule has 1 saturated heterocycles. The molecule has 2 aliphatic rings. The third kappa shape index (κ3) is 2.20. The molecule has 0 radical (unpaired) electrons. The van der Waals surface area contributed by atoms with Crippen molar-refractivity contribution in [3.05, 3.63) is 0 Å². The molecule has 86 valence electrons. The first-order chi connectivity index (χ1) is 7.24. The highest BCUT2D eigenvalue weighted by Crippen LogP contribution is 2.38. The SMILES string of the molecule is CCC(=S)N1C(C)CCC2CCCCC21. The second kappa shape index (κ2) is 4.82. The predicted octanol–water partition coefficient (Wildman–Crippen LogP) is 3.77. The molecule has 0 aromatic heterocycles. The van der Waals surface area contributed by atoms with E-state index in [9.17, 15) is 0 Å². The smallest absolute Gasteiger partial charge is 0.0781 e. The highest BCUT2D eigenvalue weighted by Gasteiger charge is 2.37. The lowest BCUT2D eigenvalue weighted by Crippen LogP contribution is -2.53. The van der Waals surface area contributed by atoms with Crippen LogP contribution in [0.15, 0.2) is 0 Å². The summed E-state index contributed by atoms with van der Waals surface area (Å²) >= 11 is 5.55. The molecule has 2 heteroatoms. The quantitative estimate of drug-likeness (QED) is 0.625. The van der Waals surface area contributed by atoms with E-state index >= 15 is 0 Å². The fourth-order valence-corrected chi connectivity index (χ4v) is 3.74. The van der Waals surface area contributed by atoms with Crippen molar-refractivity contribution in [2.24, 2.45) is 5.92 Å². The summed E-state index contributed by atoms with van der Waals surface area (Å²) in [5.41, 5.74) is 0. The van der Waals surface area contributed by atoms with Crippen molar-refractivity contribution in [3.63, 3.8) is 0 Å². The van der Waals surface area contributed by atoms with E-state index in [0.29, 0.717) is 6.04 Å². The van der Waals surface area contributed by atoms with E-state index in [1.165, 1.54) is 43.5 Å². The highest BCUT2D eigenvalue weighted by atomic mass is 32.1. The zero-order valence-electron chi connectivity index (χ0n) is 10.0. The molecule has 0 aromatic rings. The van der Waals surface area contributed by atoms with Crippen molar-refractivity contribution in [2.75, 3.05) is 0 Å². The van der Waals surface area contributed by atoms with Gasteiger partial charge in [-0.3, -0.25) is 0 Å². The van der Waals surface area contributed by atoms with Crippen LogP contribution in [0, 0.1) is 5.92 Å². The van der Waals surface area contributed by atoms with Gasteiger partial charge in [0, 0.05) is 12.1 Å². The lowest BCUT2D eigenvalue weighted by Gasteiger charge is -2.49. The summed E-state index contributed by atoms with van der Waals surface area (Å²) in [7, 11) is 0. The molecule has 1 aliphatic heterocycles. The molecule has 1 nitrogen and oxygen atoms in total. The van der Waals surface area contributed by atoms with E-state index in [4.69, 9.17) is 12.2 Å². The highest BCUT2D eigenvalue weighted by molar-refractivity contribution is 7.80. The summed E-state index contributed by atoms with van der Waals surface area (Å²) in [6, 6.07) is 1.48. The van der Waals surface area contributed by atoms with Crippen LogP contribution in [-0.4, -0.2) is 22.0 Å². The van der Waals surface area contributed by atoms with Crippen LogP contribution in [0.5, 0.6) is 0 Å². The average molecular weight is 225 g/mol. The maximum Gasteiger partial charge on any atom is 0.0781 e. The van der Waals surface area contributed by atoms with Crippen LogP contribution in [0.3, 0.4) is 0 Å². The molecule has 0 spiro atoms. The lowest BCUT2D eigenvalue weighted by atomic mass is 9.76. The minimum atomic E-state index is 0.691. The van der Waals surface area contributed by atoms with Crippen LogP contribution >= 0.6 is 12.2 Å². The zero-order chi connectivity index (χ0) is 10.8. The monoisotopic (exact) mass is 225 g/mol. The molecule has 2 fully saturated rings. The number of fused-ring (bicyclic) bond motifs is 1. The first kappa shape index (κ1) is 11.4. The summed E-state index contributed by atoms with van der Waals surface area (Å²) in [6.07, 6.45) is 9.52. The zero-order valence-corrected chi connectivity index (χ0v) is 10.9. The summed E-state index contributed by atoms with van der Waals surface area (Å²) in [6.45, 7) is 4.55. The van der Waals surface area contributed by atoms with Crippen LogP contribution in [-0.2, 0) is 0 Å². The standard InChI is InChI=1S/C13H23NS/c1-3-13(15)14-10(2)8-9-11-6-4-5-7-12(11)14/h10-12H,3-9H2,1-2H3. The van der Waals surface area contributed by atoms with Crippen LogP contribution < -0.4 is 0 Å². The van der Waals surface area contributed by atoms with E-state index in [1.807, 2.05) is 0 Å². The Kier molecular flexibility index (Phi) is 3.65. The van der Waals surface area contributed by atoms with Gasteiger partial charge in [0.1, 0.15) is 0 Å². The van der Waals surface area contributed by atoms with Crippen LogP contribution in [0.1, 0.15) is 58.8 Å². The second-order valence-electron chi connectivity index (χ2n) is 5.19. The van der Waals surface area contributed by atoms with Gasteiger partial charge in [0.05, 0.1) is 4.99 Å². The molecule has 1 heterocycles. The molecular weight excluding hydrogens is 202 g/mol. The van der Waals surface area contributed by atoms with Crippen molar-refractivity contribution in [1.82, 2.24) is 4.90 Å². The van der Waals surface area contributed by atoms with Crippen molar-refractivity contribution < 1.29 is 0 Å². The summed E-state index contributed by atoms with van der Waals surface area (Å²) in [4.78, 5) is 3.79. The van der Waals surface area contributed by atoms with Crippen molar-refractivity contribution in [1.29, 1.82) is 0 Å². The topological polar surface area (TPSA) is 3.24 Å². The molecule has 2 rings (SSSR count). The van der Waals surface area contributed by atoms with Gasteiger partial charge in [-0.25, -0.2) is 0 Å². The van der Waals surface area contributed by atoms with Gasteiger partial charge in [-0.1, -0.05) is 32.0 Å². The molecule has 0 amide bonds. The third-order valence-corrected chi connectivity index (χ3v) is 4.75. The molecule has 1 aliphatic carbocycles. The van der Waals surface area contributed by atoms with Crippen LogP contribution in [0.2, 0.25) is 0 Å². The number of hydrogen-bond acceptors (Lipinski definition) is 1. The fourth-order valence-electron chi connectivity index (χ4n) is 3.43. The van der Waals surface area contributed by atoms with Gasteiger partial charge in [0.2, 0.25) is 0 Å². The van der Waals surface area contributed by atoms with Gasteiger partial charge in [-0.05, 0) is 44.9 Å². The minimum absolute atomic E-state index is 0.691. The Labute approximate surface area is 99.2 Å². The molecule has 15 heavy (non-hydrogen) atoms. The summed E-state index contributed by atoms with van der Waals surface area (Å²) < 4.78 is 0. The number of hydrogen-bond donors (Lipinski definition) is 0. The maximum atomic E-state index is 5.55. The fraction of sp³-hybridized carbons (Fsp3) is 0.923. The predicted molar refractivity (Wildman–Crippen MR) is 69.2 cm³/mol. The van der Waals surface area contributed by atoms with Crippen LogP contribution in [0.4, 0.5) is 0 Å². The van der Waals surface area contributed by atoms with Crippen molar-refractivity contribution in [3.8, 4) is 0 Å². The van der Waals surface area contributed by atoms with E-state index in [-0.39, 0.29) is 0 Å². The van der Waals surface area contributed by atoms with Crippen molar-refractivity contribution >= 4 is 17.2 Å². The number of rotatable bonds is 1. The number of thiocarbonyl (C=S) groups is 1. The second-order valence-corrected chi connectivity index (χ2v) is 5.66. The molecule has 0 aromatic carbocycles. The van der Waals surface area contributed by atoms with Crippen molar-refractivity contribution in [2.45, 2.75) is 70.9 Å². The molecule has 1 saturated carbocycles. The normalized spacial score (nSPS) is 36.1. The lowest BCUT2D eigenvalue weighted by molar-refractivity contribution is 0.0817. The Bertz CT molecular complexity index is 239. The van der Waals surface area contributed by atoms with Gasteiger partial charge in [-0.2, -0.15) is 0 Å². The molecule has 0 N–H and O–H groups in total. The largest absolute Gasteiger partial charge is 0.360 e. The van der Waals surface area contributed by atoms with Gasteiger partial charge in [-0.15, -0.1) is 0 Å². The number of piperidine rings is 1. The summed E-state index contributed by atoms with van der Waals surface area (Å²) in [5.74, 6) is 0.944. The molecule has 0 bridgehead atoms. The summed E-state index contributed by atoms with van der Waals surface area (Å²) in [5, 5.41) is 0. The Hall–Kier alpha value is -0.110. The average Bonchev–Trinajstić information content (AvgIpc) is 2.28. The van der Waals surface area contributed by atoms with Crippen LogP contribution in [0.25, 0.3) is 0 Å². The third-order valence-electron chi connectivity index (χ3n) is 4.25. The molecule has 3 atom stereocenters. The van der Waals surface area contributed by atoms with Gasteiger partial charge >= 0.3 is 0 Å². The first-order valence-corrected chi connectivity index (χ1v) is 6.96. The van der Waals surface area contributed by atoms with Gasteiger partial charge in [0.15, 0.2) is 0 Å².